The molecule has 15 heavy (non-hydrogen) atoms. The Morgan fingerprint density at radius 1 is 0.933 bits per heavy atom. The number of hydrogen-bond acceptors (Lipinski definition) is 4. The smallest absolute Gasteiger partial charge is 0.232 e. The minimum Gasteiger partial charge on any atom is -0.232 e. The summed E-state index contributed by atoms with van der Waals surface area (Å²) in [6, 6.07) is 0. The van der Waals surface area contributed by atoms with Crippen LogP contribution in [-0.2, 0) is 18.8 Å². The molecule has 2 atom stereocenters. The van der Waals surface area contributed by atoms with Gasteiger partial charge in [-0.25, -0.2) is 8.37 Å². The molecule has 0 radical (unpaired) electrons. The van der Waals surface area contributed by atoms with Crippen molar-refractivity contribution in [2.24, 2.45) is 0 Å². The van der Waals surface area contributed by atoms with Crippen LogP contribution < -0.4 is 0 Å². The van der Waals surface area contributed by atoms with E-state index in [1.807, 2.05) is 0 Å². The molecule has 0 aliphatic heterocycles. The first-order chi connectivity index (χ1) is 6.91. The van der Waals surface area contributed by atoms with E-state index in [0.717, 1.165) is 0 Å². The van der Waals surface area contributed by atoms with Crippen molar-refractivity contribution < 1.29 is 16.8 Å². The van der Waals surface area contributed by atoms with E-state index in [4.69, 9.17) is 0 Å². The summed E-state index contributed by atoms with van der Waals surface area (Å²) in [4.78, 5) is 0. The second-order valence-electron chi connectivity index (χ2n) is 2.67. The predicted molar refractivity (Wildman–Crippen MR) is 56.9 cm³/mol. The summed E-state index contributed by atoms with van der Waals surface area (Å²) < 4.78 is 31.6. The maximum Gasteiger partial charge on any atom is 0.402 e. The third-order valence-corrected chi connectivity index (χ3v) is 2.27. The molecule has 0 aliphatic rings. The van der Waals surface area contributed by atoms with E-state index >= 15 is 0 Å². The largest absolute Gasteiger partial charge is 0.402 e. The molecule has 0 spiro atoms. The van der Waals surface area contributed by atoms with Crippen LogP contribution in [-0.4, -0.2) is 20.6 Å². The fraction of sp³-hybridized carbons (Fsp3) is 0.600. The van der Waals surface area contributed by atoms with Crippen LogP contribution in [0.4, 0.5) is 0 Å². The zero-order valence-corrected chi connectivity index (χ0v) is 10.0. The Balaban J connectivity index is 4.40. The lowest BCUT2D eigenvalue weighted by atomic mass is 10.4. The Hall–Kier alpha value is -1.01. The summed E-state index contributed by atoms with van der Waals surface area (Å²) in [5, 5.41) is 0. The molecule has 0 aromatic carbocycles. The number of hydrogen-bond donors (Lipinski definition) is 0. The van der Waals surface area contributed by atoms with Gasteiger partial charge in [-0.2, -0.15) is 8.42 Å². The molecule has 5 heteroatoms. The Morgan fingerprint density at radius 3 is 1.53 bits per heavy atom. The summed E-state index contributed by atoms with van der Waals surface area (Å²) in [7, 11) is -4.03. The maximum absolute atomic E-state index is 11.2. The molecule has 0 aromatic rings. The number of rotatable bonds is 4. The van der Waals surface area contributed by atoms with Crippen LogP contribution in [0.15, 0.2) is 0 Å². The molecule has 4 nitrogen and oxygen atoms in total. The second-order valence-corrected chi connectivity index (χ2v) is 3.88. The van der Waals surface area contributed by atoms with Gasteiger partial charge in [0.05, 0.1) is 0 Å². The van der Waals surface area contributed by atoms with Crippen molar-refractivity contribution in [3.63, 3.8) is 0 Å². The van der Waals surface area contributed by atoms with Crippen LogP contribution in [0.1, 0.15) is 27.7 Å². The van der Waals surface area contributed by atoms with Crippen molar-refractivity contribution in [1.29, 1.82) is 0 Å². The highest BCUT2D eigenvalue weighted by Gasteiger charge is 2.18. The van der Waals surface area contributed by atoms with Crippen molar-refractivity contribution in [2.75, 3.05) is 0 Å². The minimum atomic E-state index is -4.03. The lowest BCUT2D eigenvalue weighted by molar-refractivity contribution is 0.182. The lowest BCUT2D eigenvalue weighted by Gasteiger charge is -2.09. The van der Waals surface area contributed by atoms with Crippen LogP contribution in [0, 0.1) is 23.7 Å². The van der Waals surface area contributed by atoms with Crippen LogP contribution in [0.3, 0.4) is 0 Å². The highest BCUT2D eigenvalue weighted by molar-refractivity contribution is 7.81. The van der Waals surface area contributed by atoms with Gasteiger partial charge in [0.2, 0.25) is 0 Å². The molecule has 0 fully saturated rings. The third kappa shape index (κ3) is 6.98. The average molecular weight is 230 g/mol. The summed E-state index contributed by atoms with van der Waals surface area (Å²) >= 11 is 0. The molecule has 2 unspecified atom stereocenters. The van der Waals surface area contributed by atoms with Crippen molar-refractivity contribution >= 4 is 10.4 Å². The molecule has 0 aliphatic carbocycles. The minimum absolute atomic E-state index is 0.721. The highest BCUT2D eigenvalue weighted by atomic mass is 32.3. The third-order valence-electron chi connectivity index (χ3n) is 1.22. The van der Waals surface area contributed by atoms with Gasteiger partial charge < -0.3 is 0 Å². The SMILES string of the molecule is CC#CC(C)OS(=O)(=O)OC(C)C#CC. The molecule has 0 N–H and O–H groups in total. The first-order valence-corrected chi connectivity index (χ1v) is 5.70. The Kier molecular flexibility index (Phi) is 6.03. The van der Waals surface area contributed by atoms with Crippen molar-refractivity contribution in [3.05, 3.63) is 0 Å². The molecule has 0 rings (SSSR count). The van der Waals surface area contributed by atoms with Gasteiger partial charge in [-0.1, -0.05) is 11.8 Å². The fourth-order valence-corrected chi connectivity index (χ4v) is 1.68. The van der Waals surface area contributed by atoms with E-state index in [9.17, 15) is 8.42 Å². The van der Waals surface area contributed by atoms with Gasteiger partial charge in [-0.15, -0.1) is 11.8 Å². The molecule has 0 bridgehead atoms. The van der Waals surface area contributed by atoms with Gasteiger partial charge in [-0.05, 0) is 27.7 Å². The zero-order valence-electron chi connectivity index (χ0n) is 9.20. The average Bonchev–Trinajstić information content (AvgIpc) is 2.01. The van der Waals surface area contributed by atoms with Crippen LogP contribution >= 0.6 is 0 Å². The topological polar surface area (TPSA) is 52.6 Å². The standard InChI is InChI=1S/C10H14O4S/c1-5-7-9(3)13-15(11,12)14-10(4)8-6-2/h9-10H,1-4H3. The van der Waals surface area contributed by atoms with Crippen molar-refractivity contribution in [3.8, 4) is 23.7 Å². The quantitative estimate of drug-likeness (QED) is 0.678. The molecule has 84 valence electrons. The molecule has 0 amide bonds. The van der Waals surface area contributed by atoms with Crippen LogP contribution in [0.5, 0.6) is 0 Å². The molecule has 0 saturated heterocycles. The van der Waals surface area contributed by atoms with Gasteiger partial charge in [0, 0.05) is 0 Å². The van der Waals surface area contributed by atoms with Gasteiger partial charge >= 0.3 is 10.4 Å². The molecule has 0 heterocycles. The highest BCUT2D eigenvalue weighted by Crippen LogP contribution is 2.04. The predicted octanol–water partition coefficient (Wildman–Crippen LogP) is 1.09. The molecular formula is C10H14O4S. The first-order valence-electron chi connectivity index (χ1n) is 4.37. The monoisotopic (exact) mass is 230 g/mol. The van der Waals surface area contributed by atoms with Gasteiger partial charge in [0.15, 0.2) is 0 Å². The van der Waals surface area contributed by atoms with Gasteiger partial charge in [0.1, 0.15) is 12.2 Å². The van der Waals surface area contributed by atoms with Crippen LogP contribution in [0.2, 0.25) is 0 Å². The summed E-state index contributed by atoms with van der Waals surface area (Å²) in [5.41, 5.74) is 0. The summed E-state index contributed by atoms with van der Waals surface area (Å²) in [6.45, 7) is 6.23. The lowest BCUT2D eigenvalue weighted by Crippen LogP contribution is -2.20. The van der Waals surface area contributed by atoms with E-state index in [1.54, 1.807) is 13.8 Å². The zero-order chi connectivity index (χ0) is 11.9. The molecular weight excluding hydrogens is 216 g/mol. The van der Waals surface area contributed by atoms with E-state index in [1.165, 1.54) is 13.8 Å². The Bertz CT molecular complexity index is 368. The van der Waals surface area contributed by atoms with E-state index in [-0.39, 0.29) is 0 Å². The van der Waals surface area contributed by atoms with Gasteiger partial charge in [0.25, 0.3) is 0 Å². The van der Waals surface area contributed by atoms with E-state index in [2.05, 4.69) is 32.0 Å². The summed E-state index contributed by atoms with van der Waals surface area (Å²) in [5.74, 6) is 10.2. The molecule has 0 saturated carbocycles. The van der Waals surface area contributed by atoms with Crippen LogP contribution in [0.25, 0.3) is 0 Å². The summed E-state index contributed by atoms with van der Waals surface area (Å²) in [6.07, 6.45) is -1.44. The second kappa shape index (κ2) is 6.47. The Labute approximate surface area is 91.3 Å². The first kappa shape index (κ1) is 14.0. The van der Waals surface area contributed by atoms with Crippen molar-refractivity contribution in [2.45, 2.75) is 39.9 Å². The normalized spacial score (nSPS) is 14.1. The van der Waals surface area contributed by atoms with E-state index < -0.39 is 22.6 Å². The van der Waals surface area contributed by atoms with Gasteiger partial charge in [-0.3, -0.25) is 0 Å². The fourth-order valence-electron chi connectivity index (χ4n) is 0.831. The van der Waals surface area contributed by atoms with E-state index in [0.29, 0.717) is 0 Å². The Morgan fingerprint density at radius 2 is 1.27 bits per heavy atom. The van der Waals surface area contributed by atoms with Crippen molar-refractivity contribution in [1.82, 2.24) is 0 Å². The molecule has 0 aromatic heterocycles. The maximum atomic E-state index is 11.2.